The van der Waals surface area contributed by atoms with Crippen LogP contribution in [0.3, 0.4) is 0 Å². The third-order valence-corrected chi connectivity index (χ3v) is 2.80. The Bertz CT molecular complexity index is 323. The van der Waals surface area contributed by atoms with Crippen molar-refractivity contribution in [1.82, 2.24) is 5.32 Å². The molecule has 1 nitrogen and oxygen atoms in total. The molecule has 0 amide bonds. The highest BCUT2D eigenvalue weighted by Gasteiger charge is 2.16. The fraction of sp³-hybridized carbons (Fsp3) is 0.429. The van der Waals surface area contributed by atoms with E-state index < -0.39 is 0 Å². The SMILES string of the molecule is C#CC(C)(CC)NCCc1ccccc1. The Morgan fingerprint density at radius 3 is 2.53 bits per heavy atom. The van der Waals surface area contributed by atoms with Crippen molar-refractivity contribution in [2.75, 3.05) is 6.54 Å². The molecule has 1 rings (SSSR count). The summed E-state index contributed by atoms with van der Waals surface area (Å²) in [5.74, 6) is 2.80. The van der Waals surface area contributed by atoms with E-state index in [9.17, 15) is 0 Å². The number of terminal acetylenes is 1. The van der Waals surface area contributed by atoms with Gasteiger partial charge in [0.2, 0.25) is 0 Å². The predicted octanol–water partition coefficient (Wildman–Crippen LogP) is 2.62. The Balaban J connectivity index is 2.37. The summed E-state index contributed by atoms with van der Waals surface area (Å²) in [6.45, 7) is 5.10. The van der Waals surface area contributed by atoms with E-state index in [1.54, 1.807) is 0 Å². The van der Waals surface area contributed by atoms with E-state index in [0.29, 0.717) is 0 Å². The van der Waals surface area contributed by atoms with Crippen molar-refractivity contribution in [3.63, 3.8) is 0 Å². The zero-order valence-electron chi connectivity index (χ0n) is 9.59. The molecule has 0 fully saturated rings. The smallest absolute Gasteiger partial charge is 0.0767 e. The maximum Gasteiger partial charge on any atom is 0.0767 e. The van der Waals surface area contributed by atoms with Gasteiger partial charge in [0.15, 0.2) is 0 Å². The molecule has 0 aliphatic heterocycles. The minimum atomic E-state index is -0.158. The van der Waals surface area contributed by atoms with Gasteiger partial charge in [-0.25, -0.2) is 0 Å². The molecule has 1 unspecified atom stereocenters. The van der Waals surface area contributed by atoms with Crippen LogP contribution in [0.4, 0.5) is 0 Å². The Kier molecular flexibility index (Phi) is 4.39. The van der Waals surface area contributed by atoms with E-state index in [1.807, 2.05) is 6.07 Å². The second-order valence-electron chi connectivity index (χ2n) is 3.99. The topological polar surface area (TPSA) is 12.0 Å². The third-order valence-electron chi connectivity index (χ3n) is 2.80. The molecule has 0 radical (unpaired) electrons. The molecule has 1 aromatic carbocycles. The summed E-state index contributed by atoms with van der Waals surface area (Å²) < 4.78 is 0. The first-order valence-electron chi connectivity index (χ1n) is 5.47. The normalized spacial score (nSPS) is 14.2. The maximum absolute atomic E-state index is 5.48. The largest absolute Gasteiger partial charge is 0.301 e. The highest BCUT2D eigenvalue weighted by molar-refractivity contribution is 5.15. The lowest BCUT2D eigenvalue weighted by Crippen LogP contribution is -2.41. The van der Waals surface area contributed by atoms with E-state index in [2.05, 4.69) is 49.4 Å². The molecule has 0 saturated heterocycles. The molecule has 1 aromatic rings. The summed E-state index contributed by atoms with van der Waals surface area (Å²) in [5.41, 5.74) is 1.19. The fourth-order valence-corrected chi connectivity index (χ4v) is 1.41. The van der Waals surface area contributed by atoms with Crippen LogP contribution in [0.25, 0.3) is 0 Å². The second-order valence-corrected chi connectivity index (χ2v) is 3.99. The van der Waals surface area contributed by atoms with Gasteiger partial charge < -0.3 is 5.32 Å². The second kappa shape index (κ2) is 5.58. The lowest BCUT2D eigenvalue weighted by atomic mass is 10.00. The lowest BCUT2D eigenvalue weighted by Gasteiger charge is -2.23. The van der Waals surface area contributed by atoms with Crippen LogP contribution in [-0.4, -0.2) is 12.1 Å². The number of nitrogens with one attached hydrogen (secondary N) is 1. The molecule has 0 spiro atoms. The van der Waals surface area contributed by atoms with Gasteiger partial charge in [0.05, 0.1) is 5.54 Å². The summed E-state index contributed by atoms with van der Waals surface area (Å²) in [6.07, 6.45) is 7.47. The van der Waals surface area contributed by atoms with Gasteiger partial charge >= 0.3 is 0 Å². The van der Waals surface area contributed by atoms with Crippen molar-refractivity contribution in [2.24, 2.45) is 0 Å². The molecule has 0 heterocycles. The Labute approximate surface area is 92.9 Å². The summed E-state index contributed by atoms with van der Waals surface area (Å²) in [5, 5.41) is 3.41. The van der Waals surface area contributed by atoms with E-state index in [-0.39, 0.29) is 5.54 Å². The number of hydrogen-bond donors (Lipinski definition) is 1. The first kappa shape index (κ1) is 11.8. The van der Waals surface area contributed by atoms with E-state index >= 15 is 0 Å². The molecule has 0 aliphatic carbocycles. The fourth-order valence-electron chi connectivity index (χ4n) is 1.41. The highest BCUT2D eigenvalue weighted by Crippen LogP contribution is 2.07. The van der Waals surface area contributed by atoms with Crippen LogP contribution in [0.15, 0.2) is 30.3 Å². The zero-order chi connectivity index (χ0) is 11.1. The van der Waals surface area contributed by atoms with Gasteiger partial charge in [-0.05, 0) is 25.3 Å². The Morgan fingerprint density at radius 2 is 2.00 bits per heavy atom. The van der Waals surface area contributed by atoms with Crippen molar-refractivity contribution in [1.29, 1.82) is 0 Å². The average Bonchev–Trinajstić information content (AvgIpc) is 2.30. The maximum atomic E-state index is 5.48. The van der Waals surface area contributed by atoms with Crippen molar-refractivity contribution < 1.29 is 0 Å². The average molecular weight is 201 g/mol. The number of benzene rings is 1. The lowest BCUT2D eigenvalue weighted by molar-refractivity contribution is 0.442. The zero-order valence-corrected chi connectivity index (χ0v) is 9.59. The summed E-state index contributed by atoms with van der Waals surface area (Å²) in [4.78, 5) is 0. The molecule has 0 aliphatic rings. The van der Waals surface area contributed by atoms with Gasteiger partial charge in [0, 0.05) is 6.54 Å². The molecule has 0 saturated carbocycles. The monoisotopic (exact) mass is 201 g/mol. The summed E-state index contributed by atoms with van der Waals surface area (Å²) >= 11 is 0. The van der Waals surface area contributed by atoms with Crippen molar-refractivity contribution >= 4 is 0 Å². The first-order valence-corrected chi connectivity index (χ1v) is 5.47. The van der Waals surface area contributed by atoms with Crippen molar-refractivity contribution in [3.05, 3.63) is 35.9 Å². The van der Waals surface area contributed by atoms with Crippen LogP contribution in [-0.2, 0) is 6.42 Å². The molecule has 1 N–H and O–H groups in total. The van der Waals surface area contributed by atoms with Gasteiger partial charge in [-0.3, -0.25) is 0 Å². The van der Waals surface area contributed by atoms with Gasteiger partial charge in [0.25, 0.3) is 0 Å². The van der Waals surface area contributed by atoms with Gasteiger partial charge in [0.1, 0.15) is 0 Å². The molecule has 0 bridgehead atoms. The third kappa shape index (κ3) is 3.77. The van der Waals surface area contributed by atoms with Crippen LogP contribution >= 0.6 is 0 Å². The van der Waals surface area contributed by atoms with Gasteiger partial charge in [-0.1, -0.05) is 43.2 Å². The van der Waals surface area contributed by atoms with E-state index in [1.165, 1.54) is 5.56 Å². The number of hydrogen-bond acceptors (Lipinski definition) is 1. The Morgan fingerprint density at radius 1 is 1.33 bits per heavy atom. The molecular formula is C14H19N. The summed E-state index contributed by atoms with van der Waals surface area (Å²) in [7, 11) is 0. The van der Waals surface area contributed by atoms with Crippen LogP contribution in [0.2, 0.25) is 0 Å². The first-order chi connectivity index (χ1) is 7.20. The van der Waals surface area contributed by atoms with E-state index in [4.69, 9.17) is 6.42 Å². The standard InChI is InChI=1S/C14H19N/c1-4-14(3,5-2)15-12-11-13-9-7-6-8-10-13/h1,6-10,15H,5,11-12H2,2-3H3. The quantitative estimate of drug-likeness (QED) is 0.722. The Hall–Kier alpha value is -1.26. The van der Waals surface area contributed by atoms with Crippen LogP contribution in [0.1, 0.15) is 25.8 Å². The minimum absolute atomic E-state index is 0.158. The van der Waals surface area contributed by atoms with Crippen LogP contribution in [0, 0.1) is 12.3 Å². The van der Waals surface area contributed by atoms with Crippen LogP contribution < -0.4 is 5.32 Å². The number of rotatable bonds is 5. The molecule has 1 heteroatoms. The van der Waals surface area contributed by atoms with Crippen molar-refractivity contribution in [2.45, 2.75) is 32.2 Å². The molecule has 0 aromatic heterocycles. The molecular weight excluding hydrogens is 182 g/mol. The minimum Gasteiger partial charge on any atom is -0.301 e. The van der Waals surface area contributed by atoms with Gasteiger partial charge in [-0.15, -0.1) is 6.42 Å². The summed E-state index contributed by atoms with van der Waals surface area (Å²) in [6, 6.07) is 10.4. The molecule has 80 valence electrons. The predicted molar refractivity (Wildman–Crippen MR) is 65.7 cm³/mol. The highest BCUT2D eigenvalue weighted by atomic mass is 14.9. The molecule has 1 atom stereocenters. The molecule has 15 heavy (non-hydrogen) atoms. The van der Waals surface area contributed by atoms with Gasteiger partial charge in [-0.2, -0.15) is 0 Å². The van der Waals surface area contributed by atoms with Crippen LogP contribution in [0.5, 0.6) is 0 Å². The van der Waals surface area contributed by atoms with Crippen molar-refractivity contribution in [3.8, 4) is 12.3 Å². The van der Waals surface area contributed by atoms with E-state index in [0.717, 1.165) is 19.4 Å².